The van der Waals surface area contributed by atoms with Gasteiger partial charge in [-0.05, 0) is 60.2 Å². The van der Waals surface area contributed by atoms with E-state index in [-0.39, 0.29) is 36.5 Å². The molecule has 186 valence electrons. The van der Waals surface area contributed by atoms with Gasteiger partial charge < -0.3 is 19.7 Å². The molecule has 8 nitrogen and oxygen atoms in total. The number of benzene rings is 1. The lowest BCUT2D eigenvalue weighted by Crippen LogP contribution is -2.57. The molecule has 1 aromatic carbocycles. The van der Waals surface area contributed by atoms with Gasteiger partial charge in [-0.25, -0.2) is 4.79 Å². The van der Waals surface area contributed by atoms with Gasteiger partial charge in [-0.2, -0.15) is 0 Å². The lowest BCUT2D eigenvalue weighted by Gasteiger charge is -2.41. The number of fused-ring (bicyclic) bond motifs is 1. The zero-order valence-corrected chi connectivity index (χ0v) is 20.9. The van der Waals surface area contributed by atoms with Crippen molar-refractivity contribution in [3.63, 3.8) is 0 Å². The van der Waals surface area contributed by atoms with Crippen molar-refractivity contribution in [1.29, 1.82) is 0 Å². The molecule has 1 N–H and O–H groups in total. The Labute approximate surface area is 209 Å². The second kappa shape index (κ2) is 9.53. The topological polar surface area (TPSA) is 88.2 Å². The van der Waals surface area contributed by atoms with Gasteiger partial charge in [0.15, 0.2) is 11.5 Å². The lowest BCUT2D eigenvalue weighted by atomic mass is 9.73. The predicted octanol–water partition coefficient (Wildman–Crippen LogP) is 3.79. The number of urea groups is 1. The summed E-state index contributed by atoms with van der Waals surface area (Å²) >= 11 is 1.54. The molecule has 3 aliphatic rings. The molecule has 4 heterocycles. The molecule has 1 atom stereocenters. The van der Waals surface area contributed by atoms with Gasteiger partial charge in [0.25, 0.3) is 5.91 Å². The number of carbonyl (C=O) groups excluding carboxylic acids is 3. The van der Waals surface area contributed by atoms with Crippen LogP contribution in [0.15, 0.2) is 35.7 Å². The fourth-order valence-electron chi connectivity index (χ4n) is 5.53. The molecule has 0 bridgehead atoms. The third-order valence-electron chi connectivity index (χ3n) is 7.16. The first-order chi connectivity index (χ1) is 16.9. The second-order valence-corrected chi connectivity index (χ2v) is 11.0. The highest BCUT2D eigenvalue weighted by Gasteiger charge is 2.56. The first kappa shape index (κ1) is 23.7. The molecule has 2 aromatic rings. The van der Waals surface area contributed by atoms with Crippen molar-refractivity contribution < 1.29 is 23.9 Å². The Morgan fingerprint density at radius 2 is 1.94 bits per heavy atom. The minimum absolute atomic E-state index is 0.00993. The number of carbonyl (C=O) groups is 3. The number of nitrogens with one attached hydrogen (secondary N) is 1. The predicted molar refractivity (Wildman–Crippen MR) is 131 cm³/mol. The standard InChI is InChI=1S/C26H31N3O5S/c1-17(2)14-26(24(31)29(25(32)27-26)15-20-4-3-11-35-20)19-7-9-28(10-8-19)23(30)13-18-5-6-21-22(12-18)34-16-33-21/h3-6,11-12,17,19H,7-10,13-16H2,1-2H3,(H,27,32). The summed E-state index contributed by atoms with van der Waals surface area (Å²) in [5, 5.41) is 5.05. The Balaban J connectivity index is 1.25. The molecule has 2 saturated heterocycles. The number of thiophene rings is 1. The van der Waals surface area contributed by atoms with Crippen LogP contribution in [0.25, 0.3) is 0 Å². The average molecular weight is 498 g/mol. The number of amides is 4. The lowest BCUT2D eigenvalue weighted by molar-refractivity contribution is -0.136. The Morgan fingerprint density at radius 1 is 1.17 bits per heavy atom. The Morgan fingerprint density at radius 3 is 2.66 bits per heavy atom. The Kier molecular flexibility index (Phi) is 6.44. The number of piperidine rings is 1. The molecule has 9 heteroatoms. The summed E-state index contributed by atoms with van der Waals surface area (Å²) < 4.78 is 10.8. The van der Waals surface area contributed by atoms with Gasteiger partial charge in [0.2, 0.25) is 12.7 Å². The van der Waals surface area contributed by atoms with Crippen LogP contribution >= 0.6 is 11.3 Å². The van der Waals surface area contributed by atoms with Gasteiger partial charge in [-0.3, -0.25) is 14.5 Å². The van der Waals surface area contributed by atoms with Crippen LogP contribution in [0.3, 0.4) is 0 Å². The van der Waals surface area contributed by atoms with Crippen LogP contribution in [0.5, 0.6) is 11.5 Å². The van der Waals surface area contributed by atoms with E-state index in [1.165, 1.54) is 4.90 Å². The van der Waals surface area contributed by atoms with Crippen LogP contribution in [0.2, 0.25) is 0 Å². The maximum Gasteiger partial charge on any atom is 0.325 e. The first-order valence-electron chi connectivity index (χ1n) is 12.2. The largest absolute Gasteiger partial charge is 0.454 e. The number of hydrogen-bond donors (Lipinski definition) is 1. The summed E-state index contributed by atoms with van der Waals surface area (Å²) in [7, 11) is 0. The van der Waals surface area contributed by atoms with Crippen molar-refractivity contribution in [1.82, 2.24) is 15.1 Å². The van der Waals surface area contributed by atoms with Crippen molar-refractivity contribution >= 4 is 29.2 Å². The van der Waals surface area contributed by atoms with Crippen molar-refractivity contribution in [2.24, 2.45) is 11.8 Å². The summed E-state index contributed by atoms with van der Waals surface area (Å²) in [6, 6.07) is 9.15. The zero-order valence-electron chi connectivity index (χ0n) is 20.1. The van der Waals surface area contributed by atoms with E-state index in [4.69, 9.17) is 9.47 Å². The maximum absolute atomic E-state index is 13.7. The molecule has 3 aliphatic heterocycles. The number of likely N-dealkylation sites (tertiary alicyclic amines) is 1. The summed E-state index contributed by atoms with van der Waals surface area (Å²) in [6.07, 6.45) is 2.24. The van der Waals surface area contributed by atoms with Crippen LogP contribution in [0.4, 0.5) is 4.79 Å². The molecule has 0 saturated carbocycles. The smallest absolute Gasteiger partial charge is 0.325 e. The minimum Gasteiger partial charge on any atom is -0.454 e. The molecule has 5 rings (SSSR count). The molecule has 0 aliphatic carbocycles. The number of rotatable bonds is 7. The third-order valence-corrected chi connectivity index (χ3v) is 8.02. The van der Waals surface area contributed by atoms with Gasteiger partial charge in [-0.15, -0.1) is 11.3 Å². The second-order valence-electron chi connectivity index (χ2n) is 9.99. The number of ether oxygens (including phenoxy) is 2. The summed E-state index contributed by atoms with van der Waals surface area (Å²) in [5.74, 6) is 1.54. The van der Waals surface area contributed by atoms with Crippen LogP contribution in [0, 0.1) is 11.8 Å². The summed E-state index contributed by atoms with van der Waals surface area (Å²) in [5.41, 5.74) is -0.0188. The molecular weight excluding hydrogens is 466 g/mol. The van der Waals surface area contributed by atoms with Crippen molar-refractivity contribution in [3.8, 4) is 11.5 Å². The van der Waals surface area contributed by atoms with Crippen molar-refractivity contribution in [2.45, 2.75) is 51.6 Å². The van der Waals surface area contributed by atoms with E-state index in [0.29, 0.717) is 56.8 Å². The van der Waals surface area contributed by atoms with Gasteiger partial charge in [0, 0.05) is 18.0 Å². The fourth-order valence-corrected chi connectivity index (χ4v) is 6.22. The van der Waals surface area contributed by atoms with Gasteiger partial charge in [0.1, 0.15) is 5.54 Å². The van der Waals surface area contributed by atoms with Crippen LogP contribution in [0.1, 0.15) is 43.6 Å². The summed E-state index contributed by atoms with van der Waals surface area (Å²) in [4.78, 5) is 43.8. The van der Waals surface area contributed by atoms with Crippen LogP contribution < -0.4 is 14.8 Å². The highest BCUT2D eigenvalue weighted by Crippen LogP contribution is 2.39. The molecule has 1 aromatic heterocycles. The van der Waals surface area contributed by atoms with Crippen molar-refractivity contribution in [2.75, 3.05) is 19.9 Å². The molecule has 4 amide bonds. The van der Waals surface area contributed by atoms with E-state index < -0.39 is 5.54 Å². The maximum atomic E-state index is 13.7. The first-order valence-corrected chi connectivity index (χ1v) is 13.1. The Hall–Kier alpha value is -3.07. The molecule has 1 unspecified atom stereocenters. The average Bonchev–Trinajstić information content (AvgIpc) is 3.57. The van der Waals surface area contributed by atoms with E-state index in [0.717, 1.165) is 10.4 Å². The van der Waals surface area contributed by atoms with E-state index >= 15 is 0 Å². The SMILES string of the molecule is CC(C)CC1(C2CCN(C(=O)Cc3ccc4c(c3)OCO4)CC2)NC(=O)N(Cc2cccs2)C1=O. The molecular formula is C26H31N3O5S. The third kappa shape index (κ3) is 4.61. The van der Waals surface area contributed by atoms with E-state index in [9.17, 15) is 14.4 Å². The number of hydrogen-bond acceptors (Lipinski definition) is 6. The quantitative estimate of drug-likeness (QED) is 0.588. The molecule has 35 heavy (non-hydrogen) atoms. The van der Waals surface area contributed by atoms with Gasteiger partial charge >= 0.3 is 6.03 Å². The fraction of sp³-hybridized carbons (Fsp3) is 0.500. The highest BCUT2D eigenvalue weighted by molar-refractivity contribution is 7.09. The Bertz CT molecular complexity index is 1110. The molecule has 0 radical (unpaired) electrons. The van der Waals surface area contributed by atoms with E-state index in [1.807, 2.05) is 40.6 Å². The zero-order chi connectivity index (χ0) is 24.6. The molecule has 2 fully saturated rings. The van der Waals surface area contributed by atoms with E-state index in [1.54, 1.807) is 11.3 Å². The van der Waals surface area contributed by atoms with E-state index in [2.05, 4.69) is 19.2 Å². The number of imide groups is 1. The minimum atomic E-state index is -0.908. The van der Waals surface area contributed by atoms with Gasteiger partial charge in [-0.1, -0.05) is 26.0 Å². The highest BCUT2D eigenvalue weighted by atomic mass is 32.1. The monoisotopic (exact) mass is 497 g/mol. The van der Waals surface area contributed by atoms with Gasteiger partial charge in [0.05, 0.1) is 13.0 Å². The van der Waals surface area contributed by atoms with Crippen molar-refractivity contribution in [3.05, 3.63) is 46.2 Å². The van der Waals surface area contributed by atoms with Crippen LogP contribution in [-0.2, 0) is 22.6 Å². The normalized spacial score (nSPS) is 22.3. The van der Waals surface area contributed by atoms with Crippen LogP contribution in [-0.4, -0.2) is 53.1 Å². The summed E-state index contributed by atoms with van der Waals surface area (Å²) in [6.45, 7) is 5.80. The number of nitrogens with zero attached hydrogens (tertiary/aromatic N) is 2. The molecule has 0 spiro atoms.